The molecule has 0 atom stereocenters. The first kappa shape index (κ1) is 18.0. The van der Waals surface area contributed by atoms with Crippen molar-refractivity contribution in [3.63, 3.8) is 0 Å². The average molecular weight is 398 g/mol. The number of para-hydroxylation sites is 1. The predicted molar refractivity (Wildman–Crippen MR) is 114 cm³/mol. The molecule has 0 saturated carbocycles. The molecule has 27 heavy (non-hydrogen) atoms. The summed E-state index contributed by atoms with van der Waals surface area (Å²) in [6.07, 6.45) is 3.46. The number of hydrogen-bond donors (Lipinski definition) is 0. The van der Waals surface area contributed by atoms with E-state index in [1.807, 2.05) is 53.4 Å². The van der Waals surface area contributed by atoms with Crippen molar-refractivity contribution in [2.45, 2.75) is 6.92 Å². The molecule has 6 heteroatoms. The van der Waals surface area contributed by atoms with Crippen LogP contribution in [0.1, 0.15) is 10.6 Å². The van der Waals surface area contributed by atoms with Crippen LogP contribution in [-0.4, -0.2) is 42.0 Å². The Kier molecular flexibility index (Phi) is 5.14. The third kappa shape index (κ3) is 3.99. The second-order valence-electron chi connectivity index (χ2n) is 6.60. The first-order valence-electron chi connectivity index (χ1n) is 8.94. The van der Waals surface area contributed by atoms with Crippen LogP contribution in [0.15, 0.2) is 48.5 Å². The Hall–Kier alpha value is -2.37. The number of aryl methyl sites for hydroxylation is 1. The minimum Gasteiger partial charge on any atom is -0.368 e. The van der Waals surface area contributed by atoms with Crippen LogP contribution in [0.25, 0.3) is 16.3 Å². The van der Waals surface area contributed by atoms with E-state index in [4.69, 9.17) is 11.6 Å². The standard InChI is InChI=1S/C21H20ClN3OS/c1-15-6-7-16(22)14-18(15)24-10-12-25(13-11-24)21(26)9-8-20-23-17-4-2-3-5-19(17)27-20/h2-9,14H,10-13H2,1H3/b9-8+. The zero-order valence-electron chi connectivity index (χ0n) is 15.1. The second kappa shape index (κ2) is 7.71. The average Bonchev–Trinajstić information content (AvgIpc) is 3.11. The van der Waals surface area contributed by atoms with Gasteiger partial charge in [0.2, 0.25) is 5.91 Å². The van der Waals surface area contributed by atoms with Crippen LogP contribution in [0.2, 0.25) is 5.02 Å². The summed E-state index contributed by atoms with van der Waals surface area (Å²) >= 11 is 7.74. The van der Waals surface area contributed by atoms with Crippen molar-refractivity contribution < 1.29 is 4.79 Å². The number of nitrogens with zero attached hydrogens (tertiary/aromatic N) is 3. The minimum absolute atomic E-state index is 0.0386. The number of halogens is 1. The first-order valence-corrected chi connectivity index (χ1v) is 10.1. The highest BCUT2D eigenvalue weighted by Gasteiger charge is 2.21. The monoisotopic (exact) mass is 397 g/mol. The molecule has 1 saturated heterocycles. The lowest BCUT2D eigenvalue weighted by atomic mass is 10.1. The zero-order valence-corrected chi connectivity index (χ0v) is 16.6. The van der Waals surface area contributed by atoms with Gasteiger partial charge in [-0.3, -0.25) is 4.79 Å². The number of benzene rings is 2. The maximum Gasteiger partial charge on any atom is 0.246 e. The smallest absolute Gasteiger partial charge is 0.246 e. The highest BCUT2D eigenvalue weighted by atomic mass is 35.5. The molecule has 0 spiro atoms. The Balaban J connectivity index is 1.39. The van der Waals surface area contributed by atoms with Crippen molar-refractivity contribution in [2.24, 2.45) is 0 Å². The summed E-state index contributed by atoms with van der Waals surface area (Å²) < 4.78 is 1.13. The van der Waals surface area contributed by atoms with Gasteiger partial charge in [0, 0.05) is 43.0 Å². The van der Waals surface area contributed by atoms with Gasteiger partial charge in [0.25, 0.3) is 0 Å². The summed E-state index contributed by atoms with van der Waals surface area (Å²) in [6, 6.07) is 14.0. The number of aromatic nitrogens is 1. The second-order valence-corrected chi connectivity index (χ2v) is 8.09. The molecular formula is C21H20ClN3OS. The fourth-order valence-electron chi connectivity index (χ4n) is 3.30. The summed E-state index contributed by atoms with van der Waals surface area (Å²) in [6.45, 7) is 5.11. The van der Waals surface area contributed by atoms with Gasteiger partial charge in [-0.15, -0.1) is 11.3 Å². The van der Waals surface area contributed by atoms with Gasteiger partial charge in [-0.05, 0) is 42.8 Å². The third-order valence-corrected chi connectivity index (χ3v) is 6.02. The van der Waals surface area contributed by atoms with E-state index < -0.39 is 0 Å². The lowest BCUT2D eigenvalue weighted by Gasteiger charge is -2.36. The maximum atomic E-state index is 12.5. The van der Waals surface area contributed by atoms with Gasteiger partial charge >= 0.3 is 0 Å². The molecule has 0 bridgehead atoms. The van der Waals surface area contributed by atoms with Crippen LogP contribution in [0.3, 0.4) is 0 Å². The van der Waals surface area contributed by atoms with Crippen LogP contribution in [0, 0.1) is 6.92 Å². The quantitative estimate of drug-likeness (QED) is 0.605. The molecule has 138 valence electrons. The van der Waals surface area contributed by atoms with E-state index in [2.05, 4.69) is 16.8 Å². The van der Waals surface area contributed by atoms with E-state index in [-0.39, 0.29) is 5.91 Å². The summed E-state index contributed by atoms with van der Waals surface area (Å²) in [4.78, 5) is 21.2. The molecule has 3 aromatic rings. The largest absolute Gasteiger partial charge is 0.368 e. The molecule has 0 N–H and O–H groups in total. The first-order chi connectivity index (χ1) is 13.1. The van der Waals surface area contributed by atoms with Crippen molar-refractivity contribution in [3.05, 3.63) is 64.1 Å². The van der Waals surface area contributed by atoms with Crippen molar-refractivity contribution in [3.8, 4) is 0 Å². The van der Waals surface area contributed by atoms with Gasteiger partial charge in [-0.1, -0.05) is 29.8 Å². The number of fused-ring (bicyclic) bond motifs is 1. The zero-order chi connectivity index (χ0) is 18.8. The molecule has 1 aromatic heterocycles. The van der Waals surface area contributed by atoms with E-state index in [1.54, 1.807) is 17.4 Å². The third-order valence-electron chi connectivity index (χ3n) is 4.78. The summed E-state index contributed by atoms with van der Waals surface area (Å²) in [5.41, 5.74) is 3.33. The van der Waals surface area contributed by atoms with Gasteiger partial charge in [0.1, 0.15) is 5.01 Å². The van der Waals surface area contributed by atoms with Crippen LogP contribution in [0.4, 0.5) is 5.69 Å². The number of hydrogen-bond acceptors (Lipinski definition) is 4. The van der Waals surface area contributed by atoms with E-state index in [1.165, 1.54) is 5.56 Å². The molecule has 0 aliphatic carbocycles. The van der Waals surface area contributed by atoms with Crippen LogP contribution in [0.5, 0.6) is 0 Å². The Labute approximate surface area is 167 Å². The van der Waals surface area contributed by atoms with Gasteiger partial charge in [0.15, 0.2) is 0 Å². The molecule has 1 amide bonds. The van der Waals surface area contributed by atoms with Gasteiger partial charge in [-0.25, -0.2) is 4.98 Å². The van der Waals surface area contributed by atoms with E-state index in [9.17, 15) is 4.79 Å². The molecule has 1 aliphatic rings. The van der Waals surface area contributed by atoms with Crippen LogP contribution in [-0.2, 0) is 4.79 Å². The van der Waals surface area contributed by atoms with E-state index in [0.717, 1.165) is 39.0 Å². The molecule has 1 fully saturated rings. The minimum atomic E-state index is 0.0386. The van der Waals surface area contributed by atoms with Gasteiger partial charge in [-0.2, -0.15) is 0 Å². The molecule has 0 radical (unpaired) electrons. The van der Waals surface area contributed by atoms with Gasteiger partial charge in [0.05, 0.1) is 10.2 Å². The number of anilines is 1. The Bertz CT molecular complexity index is 973. The lowest BCUT2D eigenvalue weighted by molar-refractivity contribution is -0.126. The van der Waals surface area contributed by atoms with Crippen molar-refractivity contribution >= 4 is 50.8 Å². The van der Waals surface area contributed by atoms with E-state index in [0.29, 0.717) is 13.1 Å². The maximum absolute atomic E-state index is 12.5. The molecule has 4 rings (SSSR count). The molecule has 4 nitrogen and oxygen atoms in total. The molecule has 1 aliphatic heterocycles. The Morgan fingerprint density at radius 2 is 1.93 bits per heavy atom. The van der Waals surface area contributed by atoms with Crippen LogP contribution < -0.4 is 4.90 Å². The SMILES string of the molecule is Cc1ccc(Cl)cc1N1CCN(C(=O)/C=C/c2nc3ccccc3s2)CC1. The number of rotatable bonds is 3. The van der Waals surface area contributed by atoms with Crippen LogP contribution >= 0.6 is 22.9 Å². The number of carbonyl (C=O) groups is 1. The number of piperazine rings is 1. The molecule has 0 unspecified atom stereocenters. The summed E-state index contributed by atoms with van der Waals surface area (Å²) in [5.74, 6) is 0.0386. The normalized spacial score (nSPS) is 15.0. The van der Waals surface area contributed by atoms with Crippen molar-refractivity contribution in [2.75, 3.05) is 31.1 Å². The molecule has 2 heterocycles. The number of carbonyl (C=O) groups excluding carboxylic acids is 1. The predicted octanol–water partition coefficient (Wildman–Crippen LogP) is 4.62. The number of amides is 1. The molecule has 2 aromatic carbocycles. The topological polar surface area (TPSA) is 36.4 Å². The fraction of sp³-hybridized carbons (Fsp3) is 0.238. The van der Waals surface area contributed by atoms with E-state index >= 15 is 0 Å². The summed E-state index contributed by atoms with van der Waals surface area (Å²) in [7, 11) is 0. The lowest BCUT2D eigenvalue weighted by Crippen LogP contribution is -2.48. The van der Waals surface area contributed by atoms with Gasteiger partial charge < -0.3 is 9.80 Å². The summed E-state index contributed by atoms with van der Waals surface area (Å²) in [5, 5.41) is 1.60. The highest BCUT2D eigenvalue weighted by Crippen LogP contribution is 2.26. The highest BCUT2D eigenvalue weighted by molar-refractivity contribution is 7.19. The fourth-order valence-corrected chi connectivity index (χ4v) is 4.34. The Morgan fingerprint density at radius 1 is 1.15 bits per heavy atom. The Morgan fingerprint density at radius 3 is 2.70 bits per heavy atom. The number of thiazole rings is 1. The van der Waals surface area contributed by atoms with Crippen molar-refractivity contribution in [1.29, 1.82) is 0 Å². The molecular weight excluding hydrogens is 378 g/mol. The van der Waals surface area contributed by atoms with Crippen molar-refractivity contribution in [1.82, 2.24) is 9.88 Å².